The third-order valence-corrected chi connectivity index (χ3v) is 5.88. The lowest BCUT2D eigenvalue weighted by Gasteiger charge is -2.28. The first-order valence-corrected chi connectivity index (χ1v) is 11.6. The van der Waals surface area contributed by atoms with Crippen molar-refractivity contribution in [3.8, 4) is 5.75 Å². The molecule has 1 fully saturated rings. The quantitative estimate of drug-likeness (QED) is 0.575. The van der Waals surface area contributed by atoms with Crippen molar-refractivity contribution in [2.45, 2.75) is 46.6 Å². The zero-order valence-electron chi connectivity index (χ0n) is 20.2. The number of nitrogen functional groups attached to an aromatic ring is 1. The number of anilines is 3. The maximum atomic E-state index is 13.7. The standard InChI is InChI=1S/C24H33N5O5/c1-5-6-11-27-21(25)20(22(31)26-24(27)33)29(13-15(2)3)23(32)16-12-19(30)28(14-16)17-9-7-8-10-18(17)34-4/h7-10,15-16H,5-6,11-14,25H2,1-4H3,(H,26,31,33)/t16-/m0/s1. The molecule has 2 aromatic rings. The van der Waals surface area contributed by atoms with Crippen LogP contribution in [0, 0.1) is 11.8 Å². The number of amides is 2. The van der Waals surface area contributed by atoms with Gasteiger partial charge >= 0.3 is 5.69 Å². The van der Waals surface area contributed by atoms with Crippen molar-refractivity contribution >= 4 is 29.0 Å². The number of aromatic amines is 1. The number of H-pyrrole nitrogens is 1. The van der Waals surface area contributed by atoms with Crippen LogP contribution in [0.2, 0.25) is 0 Å². The second-order valence-corrected chi connectivity index (χ2v) is 8.92. The normalized spacial score (nSPS) is 15.7. The molecule has 3 N–H and O–H groups in total. The molecule has 1 saturated heterocycles. The van der Waals surface area contributed by atoms with E-state index >= 15 is 0 Å². The van der Waals surface area contributed by atoms with E-state index in [0.29, 0.717) is 24.4 Å². The fraction of sp³-hybridized carbons (Fsp3) is 0.500. The number of nitrogens with zero attached hydrogens (tertiary/aromatic N) is 3. The van der Waals surface area contributed by atoms with Gasteiger partial charge < -0.3 is 20.3 Å². The molecule has 0 aliphatic carbocycles. The topological polar surface area (TPSA) is 131 Å². The van der Waals surface area contributed by atoms with E-state index in [1.165, 1.54) is 21.5 Å². The Morgan fingerprint density at radius 2 is 1.97 bits per heavy atom. The molecule has 1 aliphatic heterocycles. The number of para-hydroxylation sites is 2. The van der Waals surface area contributed by atoms with E-state index in [-0.39, 0.29) is 48.7 Å². The average Bonchev–Trinajstić information content (AvgIpc) is 3.18. The number of methoxy groups -OCH3 is 1. The first-order chi connectivity index (χ1) is 16.2. The summed E-state index contributed by atoms with van der Waals surface area (Å²) in [5, 5.41) is 0. The lowest BCUT2D eigenvalue weighted by atomic mass is 10.1. The van der Waals surface area contributed by atoms with E-state index in [0.717, 1.165) is 6.42 Å². The molecular weight excluding hydrogens is 438 g/mol. The van der Waals surface area contributed by atoms with E-state index in [1.54, 1.807) is 24.3 Å². The highest BCUT2D eigenvalue weighted by Gasteiger charge is 2.39. The zero-order chi connectivity index (χ0) is 25.0. The van der Waals surface area contributed by atoms with Crippen molar-refractivity contribution in [1.82, 2.24) is 9.55 Å². The summed E-state index contributed by atoms with van der Waals surface area (Å²) >= 11 is 0. The SMILES string of the molecule is CCCCn1c(N)c(N(CC(C)C)C(=O)[C@H]2CC(=O)N(c3ccccc3OC)C2)c(=O)[nH]c1=O. The molecule has 0 bridgehead atoms. The highest BCUT2D eigenvalue weighted by Crippen LogP contribution is 2.34. The maximum Gasteiger partial charge on any atom is 0.330 e. The van der Waals surface area contributed by atoms with Crippen LogP contribution in [0.15, 0.2) is 33.9 Å². The Morgan fingerprint density at radius 3 is 2.62 bits per heavy atom. The molecule has 0 radical (unpaired) electrons. The number of hydrogen-bond donors (Lipinski definition) is 2. The summed E-state index contributed by atoms with van der Waals surface area (Å²) in [5.74, 6) is -0.750. The summed E-state index contributed by atoms with van der Waals surface area (Å²) in [7, 11) is 1.52. The fourth-order valence-corrected chi connectivity index (χ4v) is 4.21. The third-order valence-electron chi connectivity index (χ3n) is 5.88. The molecule has 1 aromatic heterocycles. The van der Waals surface area contributed by atoms with Crippen molar-refractivity contribution in [3.63, 3.8) is 0 Å². The van der Waals surface area contributed by atoms with Crippen LogP contribution in [0.25, 0.3) is 0 Å². The number of benzene rings is 1. The Kier molecular flexibility index (Phi) is 7.80. The predicted molar refractivity (Wildman–Crippen MR) is 131 cm³/mol. The lowest BCUT2D eigenvalue weighted by molar-refractivity contribution is -0.124. The van der Waals surface area contributed by atoms with Crippen LogP contribution in [0.1, 0.15) is 40.0 Å². The molecule has 1 aromatic carbocycles. The number of aromatic nitrogens is 2. The monoisotopic (exact) mass is 471 g/mol. The first-order valence-electron chi connectivity index (χ1n) is 11.6. The molecule has 1 atom stereocenters. The second-order valence-electron chi connectivity index (χ2n) is 8.92. The van der Waals surface area contributed by atoms with Gasteiger partial charge in [-0.2, -0.15) is 0 Å². The highest BCUT2D eigenvalue weighted by molar-refractivity contribution is 6.05. The summed E-state index contributed by atoms with van der Waals surface area (Å²) in [6.45, 7) is 6.51. The van der Waals surface area contributed by atoms with E-state index in [1.807, 2.05) is 20.8 Å². The molecule has 0 saturated carbocycles. The Labute approximate surface area is 198 Å². The van der Waals surface area contributed by atoms with Crippen LogP contribution in [0.5, 0.6) is 5.75 Å². The van der Waals surface area contributed by atoms with Crippen LogP contribution in [-0.4, -0.2) is 41.6 Å². The number of rotatable bonds is 9. The number of hydrogen-bond acceptors (Lipinski definition) is 6. The van der Waals surface area contributed by atoms with Crippen molar-refractivity contribution in [2.75, 3.05) is 35.7 Å². The van der Waals surface area contributed by atoms with Gasteiger partial charge in [0, 0.05) is 26.1 Å². The molecule has 3 rings (SSSR count). The summed E-state index contributed by atoms with van der Waals surface area (Å²) < 4.78 is 6.67. The van der Waals surface area contributed by atoms with Gasteiger partial charge in [0.1, 0.15) is 11.6 Å². The van der Waals surface area contributed by atoms with Crippen LogP contribution in [0.4, 0.5) is 17.2 Å². The lowest BCUT2D eigenvalue weighted by Crippen LogP contribution is -2.45. The number of carbonyl (C=O) groups excluding carboxylic acids is 2. The molecule has 2 heterocycles. The predicted octanol–water partition coefficient (Wildman–Crippen LogP) is 1.97. The van der Waals surface area contributed by atoms with E-state index in [2.05, 4.69) is 4.98 Å². The molecule has 34 heavy (non-hydrogen) atoms. The summed E-state index contributed by atoms with van der Waals surface area (Å²) in [6, 6.07) is 7.12. The van der Waals surface area contributed by atoms with Gasteiger partial charge in [-0.3, -0.25) is 23.9 Å². The molecule has 0 unspecified atom stereocenters. The number of ether oxygens (including phenoxy) is 1. The zero-order valence-corrected chi connectivity index (χ0v) is 20.2. The van der Waals surface area contributed by atoms with Gasteiger partial charge in [0.15, 0.2) is 5.69 Å². The smallest absolute Gasteiger partial charge is 0.330 e. The van der Waals surface area contributed by atoms with Crippen molar-refractivity contribution in [1.29, 1.82) is 0 Å². The Balaban J connectivity index is 1.98. The number of nitrogens with two attached hydrogens (primary N) is 1. The van der Waals surface area contributed by atoms with Crippen LogP contribution < -0.4 is 31.5 Å². The number of unbranched alkanes of at least 4 members (excludes halogenated alkanes) is 1. The van der Waals surface area contributed by atoms with Crippen LogP contribution >= 0.6 is 0 Å². The average molecular weight is 472 g/mol. The molecule has 1 aliphatic rings. The van der Waals surface area contributed by atoms with Crippen molar-refractivity contribution in [3.05, 3.63) is 45.1 Å². The number of carbonyl (C=O) groups is 2. The minimum Gasteiger partial charge on any atom is -0.495 e. The van der Waals surface area contributed by atoms with E-state index in [4.69, 9.17) is 10.5 Å². The summed E-state index contributed by atoms with van der Waals surface area (Å²) in [6.07, 6.45) is 1.52. The van der Waals surface area contributed by atoms with Gasteiger partial charge in [-0.25, -0.2) is 4.79 Å². The minimum absolute atomic E-state index is 0.00123. The largest absolute Gasteiger partial charge is 0.495 e. The van der Waals surface area contributed by atoms with Crippen LogP contribution in [0.3, 0.4) is 0 Å². The molecule has 10 nitrogen and oxygen atoms in total. The maximum absolute atomic E-state index is 13.7. The first kappa shape index (κ1) is 25.1. The highest BCUT2D eigenvalue weighted by atomic mass is 16.5. The summed E-state index contributed by atoms with van der Waals surface area (Å²) in [5.41, 5.74) is 5.51. The minimum atomic E-state index is -0.713. The van der Waals surface area contributed by atoms with Gasteiger partial charge in [-0.1, -0.05) is 39.3 Å². The van der Waals surface area contributed by atoms with E-state index in [9.17, 15) is 19.2 Å². The van der Waals surface area contributed by atoms with Gasteiger partial charge in [0.05, 0.1) is 18.7 Å². The molecule has 0 spiro atoms. The molecular formula is C24H33N5O5. The molecule has 10 heteroatoms. The third kappa shape index (κ3) is 5.00. The molecule has 184 valence electrons. The van der Waals surface area contributed by atoms with Crippen molar-refractivity contribution in [2.24, 2.45) is 11.8 Å². The van der Waals surface area contributed by atoms with Crippen LogP contribution in [-0.2, 0) is 16.1 Å². The van der Waals surface area contributed by atoms with Gasteiger partial charge in [-0.15, -0.1) is 0 Å². The van der Waals surface area contributed by atoms with Crippen molar-refractivity contribution < 1.29 is 14.3 Å². The van der Waals surface area contributed by atoms with E-state index < -0.39 is 17.2 Å². The van der Waals surface area contributed by atoms with Gasteiger partial charge in [0.2, 0.25) is 11.8 Å². The Hall–Kier alpha value is -3.56. The summed E-state index contributed by atoms with van der Waals surface area (Å²) in [4.78, 5) is 56.9. The molecule has 2 amide bonds. The number of nitrogens with one attached hydrogen (secondary N) is 1. The Bertz CT molecular complexity index is 1170. The van der Waals surface area contributed by atoms with Gasteiger partial charge in [0.25, 0.3) is 5.56 Å². The fourth-order valence-electron chi connectivity index (χ4n) is 4.21. The Morgan fingerprint density at radius 1 is 1.26 bits per heavy atom. The second kappa shape index (κ2) is 10.6. The van der Waals surface area contributed by atoms with Gasteiger partial charge in [-0.05, 0) is 24.5 Å².